The predicted molar refractivity (Wildman–Crippen MR) is 49.5 cm³/mol. The van der Waals surface area contributed by atoms with Crippen LogP contribution in [-0.2, 0) is 12.6 Å². The molecule has 2 nitrogen and oxygen atoms in total. The third-order valence-electron chi connectivity index (χ3n) is 2.88. The Hall–Kier alpha value is -1.00. The Labute approximate surface area is 86.1 Å². The third-order valence-corrected chi connectivity index (χ3v) is 2.88. The number of aromatic nitrogens is 2. The minimum Gasteiger partial charge on any atom is -0.331 e. The van der Waals surface area contributed by atoms with Gasteiger partial charge in [0.05, 0.1) is 0 Å². The molecule has 0 aliphatic heterocycles. The van der Waals surface area contributed by atoms with Crippen molar-refractivity contribution in [2.45, 2.75) is 44.8 Å². The molecule has 0 aromatic carbocycles. The standard InChI is InChI=1S/C10H13F3N2/c1-2-9-14-8(10(11,12)13)6-15(9)7-4-3-5-7/h6-7H,2-5H2,1H3. The van der Waals surface area contributed by atoms with E-state index in [4.69, 9.17) is 0 Å². The Morgan fingerprint density at radius 2 is 2.13 bits per heavy atom. The fraction of sp³-hybridized carbons (Fsp3) is 0.700. The summed E-state index contributed by atoms with van der Waals surface area (Å²) in [6.45, 7) is 1.83. The summed E-state index contributed by atoms with van der Waals surface area (Å²) in [6.07, 6.45) is 0.433. The number of hydrogen-bond donors (Lipinski definition) is 0. The Morgan fingerprint density at radius 3 is 2.53 bits per heavy atom. The van der Waals surface area contributed by atoms with E-state index in [1.165, 1.54) is 0 Å². The van der Waals surface area contributed by atoms with Gasteiger partial charge in [-0.25, -0.2) is 4.98 Å². The van der Waals surface area contributed by atoms with Crippen molar-refractivity contribution in [1.82, 2.24) is 9.55 Å². The summed E-state index contributed by atoms with van der Waals surface area (Å²) in [5, 5.41) is 0. The summed E-state index contributed by atoms with van der Waals surface area (Å²) < 4.78 is 39.0. The Morgan fingerprint density at radius 1 is 1.47 bits per heavy atom. The second-order valence-electron chi connectivity index (χ2n) is 3.89. The molecule has 1 fully saturated rings. The molecule has 1 aromatic rings. The highest BCUT2D eigenvalue weighted by Gasteiger charge is 2.35. The first-order valence-corrected chi connectivity index (χ1v) is 5.17. The molecule has 0 atom stereocenters. The summed E-state index contributed by atoms with van der Waals surface area (Å²) in [5.74, 6) is 0.548. The number of imidazole rings is 1. The first-order valence-electron chi connectivity index (χ1n) is 5.17. The minimum absolute atomic E-state index is 0.239. The van der Waals surface area contributed by atoms with Gasteiger partial charge in [0.15, 0.2) is 5.69 Å². The van der Waals surface area contributed by atoms with Gasteiger partial charge in [-0.3, -0.25) is 0 Å². The number of nitrogens with zero attached hydrogens (tertiary/aromatic N) is 2. The minimum atomic E-state index is -4.32. The Balaban J connectivity index is 2.32. The lowest BCUT2D eigenvalue weighted by atomic mass is 9.93. The van der Waals surface area contributed by atoms with Crippen LogP contribution in [0.15, 0.2) is 6.20 Å². The molecular weight excluding hydrogens is 205 g/mol. The molecule has 1 saturated carbocycles. The largest absolute Gasteiger partial charge is 0.434 e. The SMILES string of the molecule is CCc1nc(C(F)(F)F)cn1C1CCC1. The maximum absolute atomic E-state index is 12.4. The van der Waals surface area contributed by atoms with Gasteiger partial charge in [-0.1, -0.05) is 6.92 Å². The van der Waals surface area contributed by atoms with Crippen LogP contribution >= 0.6 is 0 Å². The second-order valence-corrected chi connectivity index (χ2v) is 3.89. The van der Waals surface area contributed by atoms with Crippen LogP contribution in [0.4, 0.5) is 13.2 Å². The molecule has 0 spiro atoms. The highest BCUT2D eigenvalue weighted by atomic mass is 19.4. The zero-order valence-corrected chi connectivity index (χ0v) is 8.51. The summed E-state index contributed by atoms with van der Waals surface area (Å²) in [6, 6.07) is 0.239. The molecule has 1 aliphatic rings. The van der Waals surface area contributed by atoms with Crippen molar-refractivity contribution in [1.29, 1.82) is 0 Å². The van der Waals surface area contributed by atoms with Crippen molar-refractivity contribution in [3.63, 3.8) is 0 Å². The van der Waals surface area contributed by atoms with E-state index in [9.17, 15) is 13.2 Å². The first-order chi connectivity index (χ1) is 7.02. The highest BCUT2D eigenvalue weighted by Crippen LogP contribution is 2.35. The summed E-state index contributed by atoms with van der Waals surface area (Å²) in [7, 11) is 0. The lowest BCUT2D eigenvalue weighted by Gasteiger charge is -2.28. The number of alkyl halides is 3. The van der Waals surface area contributed by atoms with Gasteiger partial charge in [-0.2, -0.15) is 13.2 Å². The van der Waals surface area contributed by atoms with E-state index in [0.29, 0.717) is 12.2 Å². The molecule has 1 aliphatic carbocycles. The zero-order chi connectivity index (χ0) is 11.1. The summed E-state index contributed by atoms with van der Waals surface area (Å²) in [5.41, 5.74) is -0.758. The number of aryl methyl sites for hydroxylation is 1. The Bertz CT molecular complexity index is 350. The molecule has 2 rings (SSSR count). The van der Waals surface area contributed by atoms with Crippen molar-refractivity contribution in [2.75, 3.05) is 0 Å². The molecule has 15 heavy (non-hydrogen) atoms. The van der Waals surface area contributed by atoms with Crippen LogP contribution in [0.2, 0.25) is 0 Å². The number of halogens is 3. The van der Waals surface area contributed by atoms with E-state index in [-0.39, 0.29) is 6.04 Å². The predicted octanol–water partition coefficient (Wildman–Crippen LogP) is 3.19. The fourth-order valence-corrected chi connectivity index (χ4v) is 1.81. The van der Waals surface area contributed by atoms with Gasteiger partial charge in [0.1, 0.15) is 5.82 Å². The highest BCUT2D eigenvalue weighted by molar-refractivity contribution is 5.10. The van der Waals surface area contributed by atoms with Crippen LogP contribution in [-0.4, -0.2) is 9.55 Å². The van der Waals surface area contributed by atoms with E-state index in [2.05, 4.69) is 4.98 Å². The van der Waals surface area contributed by atoms with Crippen LogP contribution in [0, 0.1) is 0 Å². The molecule has 1 aromatic heterocycles. The first kappa shape index (κ1) is 10.5. The number of hydrogen-bond acceptors (Lipinski definition) is 1. The van der Waals surface area contributed by atoms with Crippen LogP contribution < -0.4 is 0 Å². The third kappa shape index (κ3) is 1.87. The maximum atomic E-state index is 12.4. The van der Waals surface area contributed by atoms with Gasteiger partial charge in [0, 0.05) is 18.7 Å². The molecule has 0 bridgehead atoms. The topological polar surface area (TPSA) is 17.8 Å². The average Bonchev–Trinajstić information content (AvgIpc) is 2.44. The monoisotopic (exact) mass is 218 g/mol. The van der Waals surface area contributed by atoms with Crippen molar-refractivity contribution >= 4 is 0 Å². The maximum Gasteiger partial charge on any atom is 0.434 e. The molecule has 0 N–H and O–H groups in total. The van der Waals surface area contributed by atoms with Gasteiger partial charge in [0.25, 0.3) is 0 Å². The van der Waals surface area contributed by atoms with E-state index in [1.54, 1.807) is 4.57 Å². The smallest absolute Gasteiger partial charge is 0.331 e. The van der Waals surface area contributed by atoms with Crippen molar-refractivity contribution in [3.05, 3.63) is 17.7 Å². The molecule has 0 radical (unpaired) electrons. The van der Waals surface area contributed by atoms with Crippen molar-refractivity contribution < 1.29 is 13.2 Å². The van der Waals surface area contributed by atoms with Gasteiger partial charge < -0.3 is 4.57 Å². The normalized spacial score (nSPS) is 17.9. The Kier molecular flexibility index (Phi) is 2.48. The van der Waals surface area contributed by atoms with E-state index < -0.39 is 11.9 Å². The molecule has 5 heteroatoms. The summed E-state index contributed by atoms with van der Waals surface area (Å²) >= 11 is 0. The second kappa shape index (κ2) is 3.54. The van der Waals surface area contributed by atoms with Gasteiger partial charge in [0.2, 0.25) is 0 Å². The molecule has 0 saturated heterocycles. The lowest BCUT2D eigenvalue weighted by Crippen LogP contribution is -2.18. The van der Waals surface area contributed by atoms with Gasteiger partial charge >= 0.3 is 6.18 Å². The molecule has 0 amide bonds. The van der Waals surface area contributed by atoms with Crippen molar-refractivity contribution in [3.8, 4) is 0 Å². The van der Waals surface area contributed by atoms with E-state index >= 15 is 0 Å². The molecule has 0 unspecified atom stereocenters. The average molecular weight is 218 g/mol. The van der Waals surface area contributed by atoms with Gasteiger partial charge in [-0.15, -0.1) is 0 Å². The molecule has 84 valence electrons. The quantitative estimate of drug-likeness (QED) is 0.745. The fourth-order valence-electron chi connectivity index (χ4n) is 1.81. The van der Waals surface area contributed by atoms with E-state index in [0.717, 1.165) is 25.5 Å². The zero-order valence-electron chi connectivity index (χ0n) is 8.51. The number of rotatable bonds is 2. The van der Waals surface area contributed by atoms with Crippen LogP contribution in [0.5, 0.6) is 0 Å². The summed E-state index contributed by atoms with van der Waals surface area (Å²) in [4.78, 5) is 3.64. The molecule has 1 heterocycles. The van der Waals surface area contributed by atoms with Crippen LogP contribution in [0.1, 0.15) is 43.7 Å². The molecular formula is C10H13F3N2. The van der Waals surface area contributed by atoms with E-state index in [1.807, 2.05) is 6.92 Å². The van der Waals surface area contributed by atoms with Crippen LogP contribution in [0.25, 0.3) is 0 Å². The lowest BCUT2D eigenvalue weighted by molar-refractivity contribution is -0.141. The van der Waals surface area contributed by atoms with Gasteiger partial charge in [-0.05, 0) is 19.3 Å². The van der Waals surface area contributed by atoms with Crippen LogP contribution in [0.3, 0.4) is 0 Å². The van der Waals surface area contributed by atoms with Crippen molar-refractivity contribution in [2.24, 2.45) is 0 Å².